The first-order valence-electron chi connectivity index (χ1n) is 5.72. The highest BCUT2D eigenvalue weighted by Crippen LogP contribution is 2.29. The van der Waals surface area contributed by atoms with Crippen LogP contribution in [-0.2, 0) is 10.0 Å². The van der Waals surface area contributed by atoms with E-state index >= 15 is 0 Å². The van der Waals surface area contributed by atoms with Crippen LogP contribution in [0.5, 0.6) is 0 Å². The summed E-state index contributed by atoms with van der Waals surface area (Å²) in [7, 11) is -2.55. The predicted molar refractivity (Wildman–Crippen MR) is 80.3 cm³/mol. The Morgan fingerprint density at radius 2 is 2.10 bits per heavy atom. The van der Waals surface area contributed by atoms with Gasteiger partial charge in [0.25, 0.3) is 5.69 Å². The minimum absolute atomic E-state index is 0.167. The van der Waals surface area contributed by atoms with Crippen molar-refractivity contribution in [3.05, 3.63) is 28.3 Å². The maximum Gasteiger partial charge on any atom is 0.289 e. The Hall–Kier alpha value is -1.32. The molecular formula is C11H17N3O4S2. The molecule has 0 heterocycles. The van der Waals surface area contributed by atoms with Crippen molar-refractivity contribution in [1.82, 2.24) is 4.31 Å². The smallest absolute Gasteiger partial charge is 0.289 e. The molecule has 0 aliphatic heterocycles. The number of nitro groups is 1. The second-order valence-corrected chi connectivity index (χ2v) is 7.19. The van der Waals surface area contributed by atoms with Crippen LogP contribution >= 0.6 is 11.8 Å². The van der Waals surface area contributed by atoms with Gasteiger partial charge < -0.3 is 5.73 Å². The van der Waals surface area contributed by atoms with E-state index < -0.39 is 20.6 Å². The number of rotatable bonds is 6. The minimum atomic E-state index is -3.96. The molecule has 0 saturated carbocycles. The third-order valence-corrected chi connectivity index (χ3v) is 5.68. The second-order valence-electron chi connectivity index (χ2n) is 4.31. The van der Waals surface area contributed by atoms with Crippen LogP contribution in [0.4, 0.5) is 11.4 Å². The van der Waals surface area contributed by atoms with Gasteiger partial charge in [0.2, 0.25) is 10.0 Å². The predicted octanol–water partition coefficient (Wildman–Crippen LogP) is 1.55. The number of hydrogen-bond donors (Lipinski definition) is 1. The Kier molecular flexibility index (Phi) is 5.37. The van der Waals surface area contributed by atoms with E-state index in [4.69, 9.17) is 5.73 Å². The molecule has 1 aromatic carbocycles. The summed E-state index contributed by atoms with van der Waals surface area (Å²) in [5.41, 5.74) is 5.25. The number of hydrogen-bond acceptors (Lipinski definition) is 6. The summed E-state index contributed by atoms with van der Waals surface area (Å²) < 4.78 is 26.1. The van der Waals surface area contributed by atoms with E-state index in [0.717, 1.165) is 16.4 Å². The molecule has 1 rings (SSSR count). The van der Waals surface area contributed by atoms with E-state index in [-0.39, 0.29) is 16.6 Å². The van der Waals surface area contributed by atoms with Gasteiger partial charge in [0, 0.05) is 30.6 Å². The Morgan fingerprint density at radius 3 is 2.60 bits per heavy atom. The van der Waals surface area contributed by atoms with Crippen LogP contribution in [0.1, 0.15) is 6.92 Å². The van der Waals surface area contributed by atoms with Crippen molar-refractivity contribution in [2.24, 2.45) is 0 Å². The highest BCUT2D eigenvalue weighted by atomic mass is 32.2. The number of sulfonamides is 1. The third-order valence-electron chi connectivity index (χ3n) is 2.87. The number of nitrogens with zero attached hydrogens (tertiary/aromatic N) is 2. The van der Waals surface area contributed by atoms with Gasteiger partial charge in [-0.05, 0) is 25.3 Å². The third kappa shape index (κ3) is 3.41. The van der Waals surface area contributed by atoms with Crippen LogP contribution < -0.4 is 5.73 Å². The molecule has 1 atom stereocenters. The van der Waals surface area contributed by atoms with Crippen molar-refractivity contribution >= 4 is 33.2 Å². The molecule has 7 nitrogen and oxygen atoms in total. The molecule has 0 aliphatic rings. The summed E-state index contributed by atoms with van der Waals surface area (Å²) in [5, 5.41) is 11.0. The standard InChI is InChI=1S/C11H17N3O4S2/c1-8(7-19-3)13(2)20(17,18)11-6-9(12)4-5-10(11)14(15)16/h4-6,8H,7,12H2,1-3H3. The lowest BCUT2D eigenvalue weighted by Crippen LogP contribution is -2.36. The van der Waals surface area contributed by atoms with Crippen LogP contribution in [0.3, 0.4) is 0 Å². The lowest BCUT2D eigenvalue weighted by molar-refractivity contribution is -0.387. The summed E-state index contributed by atoms with van der Waals surface area (Å²) >= 11 is 1.50. The van der Waals surface area contributed by atoms with Crippen molar-refractivity contribution in [3.8, 4) is 0 Å². The first-order chi connectivity index (χ1) is 9.21. The van der Waals surface area contributed by atoms with Gasteiger partial charge in [-0.2, -0.15) is 16.1 Å². The molecule has 0 fully saturated rings. The second kappa shape index (κ2) is 6.42. The lowest BCUT2D eigenvalue weighted by Gasteiger charge is -2.23. The molecule has 0 saturated heterocycles. The monoisotopic (exact) mass is 319 g/mol. The van der Waals surface area contributed by atoms with Gasteiger partial charge in [0.05, 0.1) is 4.92 Å². The molecule has 9 heteroatoms. The molecule has 0 aliphatic carbocycles. The molecule has 0 aromatic heterocycles. The number of nitrogen functional groups attached to an aromatic ring is 1. The highest BCUT2D eigenvalue weighted by molar-refractivity contribution is 7.98. The van der Waals surface area contributed by atoms with E-state index in [1.165, 1.54) is 24.9 Å². The first kappa shape index (κ1) is 16.7. The molecule has 1 unspecified atom stereocenters. The van der Waals surface area contributed by atoms with Crippen LogP contribution in [-0.4, -0.2) is 42.7 Å². The van der Waals surface area contributed by atoms with Crippen LogP contribution in [0, 0.1) is 10.1 Å². The Balaban J connectivity index is 3.34. The van der Waals surface area contributed by atoms with Gasteiger partial charge in [0.15, 0.2) is 4.90 Å². The van der Waals surface area contributed by atoms with Crippen molar-refractivity contribution < 1.29 is 13.3 Å². The molecule has 0 amide bonds. The lowest BCUT2D eigenvalue weighted by atomic mass is 10.3. The molecular weight excluding hydrogens is 302 g/mol. The SMILES string of the molecule is CSCC(C)N(C)S(=O)(=O)c1cc(N)ccc1[N+](=O)[O-]. The van der Waals surface area contributed by atoms with Crippen LogP contribution in [0.25, 0.3) is 0 Å². The fourth-order valence-electron chi connectivity index (χ4n) is 1.63. The number of nitrogens with two attached hydrogens (primary N) is 1. The summed E-state index contributed by atoms with van der Waals surface area (Å²) in [5.74, 6) is 0.589. The summed E-state index contributed by atoms with van der Waals surface area (Å²) in [6.07, 6.45) is 1.86. The van der Waals surface area contributed by atoms with Gasteiger partial charge in [-0.15, -0.1) is 0 Å². The van der Waals surface area contributed by atoms with E-state index in [1.54, 1.807) is 6.92 Å². The summed E-state index contributed by atoms with van der Waals surface area (Å²) in [4.78, 5) is 9.88. The Morgan fingerprint density at radius 1 is 1.50 bits per heavy atom. The van der Waals surface area contributed by atoms with Gasteiger partial charge >= 0.3 is 0 Å². The molecule has 0 radical (unpaired) electrons. The summed E-state index contributed by atoms with van der Waals surface area (Å²) in [6.45, 7) is 1.74. The van der Waals surface area contributed by atoms with Gasteiger partial charge in [-0.1, -0.05) is 0 Å². The fraction of sp³-hybridized carbons (Fsp3) is 0.455. The molecule has 1 aromatic rings. The normalized spacial score (nSPS) is 13.4. The van der Waals surface area contributed by atoms with Gasteiger partial charge in [-0.3, -0.25) is 10.1 Å². The quantitative estimate of drug-likeness (QED) is 0.484. The number of anilines is 1. The van der Waals surface area contributed by atoms with Crippen molar-refractivity contribution in [2.75, 3.05) is 24.8 Å². The van der Waals surface area contributed by atoms with E-state index in [2.05, 4.69) is 0 Å². The van der Waals surface area contributed by atoms with Gasteiger partial charge in [-0.25, -0.2) is 8.42 Å². The molecule has 0 spiro atoms. The van der Waals surface area contributed by atoms with Gasteiger partial charge in [0.1, 0.15) is 0 Å². The van der Waals surface area contributed by atoms with Crippen molar-refractivity contribution in [1.29, 1.82) is 0 Å². The van der Waals surface area contributed by atoms with Crippen molar-refractivity contribution in [3.63, 3.8) is 0 Å². The summed E-state index contributed by atoms with van der Waals surface area (Å²) in [6, 6.07) is 3.25. The zero-order valence-electron chi connectivity index (χ0n) is 11.4. The Labute approximate surface area is 122 Å². The average molecular weight is 319 g/mol. The maximum atomic E-state index is 12.5. The van der Waals surface area contributed by atoms with E-state index in [1.807, 2.05) is 6.26 Å². The van der Waals surface area contributed by atoms with Crippen LogP contribution in [0.15, 0.2) is 23.1 Å². The molecule has 2 N–H and O–H groups in total. The van der Waals surface area contributed by atoms with Crippen molar-refractivity contribution in [2.45, 2.75) is 17.9 Å². The topological polar surface area (TPSA) is 107 Å². The number of nitro benzene ring substituents is 1. The Bertz CT molecular complexity index is 604. The largest absolute Gasteiger partial charge is 0.399 e. The molecule has 112 valence electrons. The average Bonchev–Trinajstić information content (AvgIpc) is 2.37. The zero-order valence-corrected chi connectivity index (χ0v) is 13.1. The van der Waals surface area contributed by atoms with E-state index in [9.17, 15) is 18.5 Å². The highest BCUT2D eigenvalue weighted by Gasteiger charge is 2.32. The minimum Gasteiger partial charge on any atom is -0.399 e. The maximum absolute atomic E-state index is 12.5. The zero-order chi connectivity index (χ0) is 15.5. The number of thioether (sulfide) groups is 1. The number of benzene rings is 1. The van der Waals surface area contributed by atoms with Crippen LogP contribution in [0.2, 0.25) is 0 Å². The molecule has 20 heavy (non-hydrogen) atoms. The fourth-order valence-corrected chi connectivity index (χ4v) is 3.98. The molecule has 0 bridgehead atoms. The first-order valence-corrected chi connectivity index (χ1v) is 8.56. The van der Waals surface area contributed by atoms with E-state index in [0.29, 0.717) is 5.75 Å².